The number of esters is 1. The Morgan fingerprint density at radius 1 is 0.939 bits per heavy atom. The van der Waals surface area contributed by atoms with E-state index in [4.69, 9.17) is 10.00 Å². The summed E-state index contributed by atoms with van der Waals surface area (Å²) < 4.78 is 4.99. The van der Waals surface area contributed by atoms with Crippen LogP contribution in [0.5, 0.6) is 0 Å². The normalized spacial score (nSPS) is 10.0. The van der Waals surface area contributed by atoms with Crippen LogP contribution in [0.4, 0.5) is 0 Å². The second kappa shape index (κ2) is 10.8. The van der Waals surface area contributed by atoms with Crippen molar-refractivity contribution in [2.45, 2.75) is 13.8 Å². The highest BCUT2D eigenvalue weighted by atomic mass is 16.5. The molecular formula is C28H24N2O3. The van der Waals surface area contributed by atoms with E-state index in [0.29, 0.717) is 34.7 Å². The second-order valence-electron chi connectivity index (χ2n) is 7.84. The summed E-state index contributed by atoms with van der Waals surface area (Å²) in [7, 11) is 1.31. The molecule has 3 aromatic rings. The molecule has 0 unspecified atom stereocenters. The number of carbonyl (C=O) groups is 2. The number of hydrogen-bond donors (Lipinski definition) is 1. The molecule has 0 radical (unpaired) electrons. The SMILES string of the molecule is COC(=O)c1cc(C(=O)NCC(C)C)ccc1-c1ccccc1C#Cc1ccc(C#N)cc1. The Labute approximate surface area is 194 Å². The molecule has 0 fully saturated rings. The Morgan fingerprint density at radius 2 is 1.64 bits per heavy atom. The number of amides is 1. The summed E-state index contributed by atoms with van der Waals surface area (Å²) in [5.41, 5.74) is 4.14. The summed E-state index contributed by atoms with van der Waals surface area (Å²) in [5, 5.41) is 11.8. The van der Waals surface area contributed by atoms with Gasteiger partial charge in [0.15, 0.2) is 0 Å². The lowest BCUT2D eigenvalue weighted by molar-refractivity contribution is 0.0601. The first-order valence-corrected chi connectivity index (χ1v) is 10.5. The topological polar surface area (TPSA) is 79.2 Å². The largest absolute Gasteiger partial charge is 0.465 e. The lowest BCUT2D eigenvalue weighted by Crippen LogP contribution is -2.27. The van der Waals surface area contributed by atoms with E-state index >= 15 is 0 Å². The van der Waals surface area contributed by atoms with Crippen LogP contribution in [0.25, 0.3) is 11.1 Å². The van der Waals surface area contributed by atoms with Crippen LogP contribution in [0.3, 0.4) is 0 Å². The highest BCUT2D eigenvalue weighted by Crippen LogP contribution is 2.28. The number of benzene rings is 3. The maximum absolute atomic E-state index is 12.6. The molecule has 0 saturated heterocycles. The van der Waals surface area contributed by atoms with Crippen LogP contribution in [0.15, 0.2) is 66.7 Å². The zero-order valence-electron chi connectivity index (χ0n) is 18.8. The van der Waals surface area contributed by atoms with Crippen molar-refractivity contribution in [2.24, 2.45) is 5.92 Å². The molecule has 0 aliphatic rings. The fourth-order valence-electron chi connectivity index (χ4n) is 3.19. The van der Waals surface area contributed by atoms with E-state index in [1.807, 2.05) is 38.1 Å². The maximum atomic E-state index is 12.6. The average Bonchev–Trinajstić information content (AvgIpc) is 2.85. The van der Waals surface area contributed by atoms with Crippen LogP contribution in [0.1, 0.15) is 51.3 Å². The van der Waals surface area contributed by atoms with Gasteiger partial charge in [0.25, 0.3) is 5.91 Å². The zero-order chi connectivity index (χ0) is 23.8. The summed E-state index contributed by atoms with van der Waals surface area (Å²) in [6, 6.07) is 21.6. The molecular weight excluding hydrogens is 412 g/mol. The predicted octanol–water partition coefficient (Wildman–Crippen LogP) is 4.80. The van der Waals surface area contributed by atoms with Crippen molar-refractivity contribution < 1.29 is 14.3 Å². The molecule has 164 valence electrons. The number of nitrogens with one attached hydrogen (secondary N) is 1. The van der Waals surface area contributed by atoms with Crippen molar-refractivity contribution in [1.29, 1.82) is 5.26 Å². The van der Waals surface area contributed by atoms with E-state index in [-0.39, 0.29) is 5.91 Å². The number of ether oxygens (including phenoxy) is 1. The molecule has 0 heterocycles. The molecule has 0 aliphatic heterocycles. The molecule has 0 bridgehead atoms. The number of methoxy groups -OCH3 is 1. The summed E-state index contributed by atoms with van der Waals surface area (Å²) >= 11 is 0. The van der Waals surface area contributed by atoms with Crippen LogP contribution in [0, 0.1) is 29.1 Å². The van der Waals surface area contributed by atoms with Gasteiger partial charge in [0, 0.05) is 23.2 Å². The van der Waals surface area contributed by atoms with Gasteiger partial charge in [-0.05, 0) is 59.5 Å². The third-order valence-electron chi connectivity index (χ3n) is 4.93. The van der Waals surface area contributed by atoms with Crippen molar-refractivity contribution in [1.82, 2.24) is 5.32 Å². The Morgan fingerprint density at radius 3 is 2.30 bits per heavy atom. The van der Waals surface area contributed by atoms with E-state index < -0.39 is 5.97 Å². The Hall–Kier alpha value is -4.35. The van der Waals surface area contributed by atoms with E-state index in [1.165, 1.54) is 7.11 Å². The van der Waals surface area contributed by atoms with Gasteiger partial charge in [-0.25, -0.2) is 4.79 Å². The number of nitrogens with zero attached hydrogens (tertiary/aromatic N) is 1. The second-order valence-corrected chi connectivity index (χ2v) is 7.84. The first-order valence-electron chi connectivity index (χ1n) is 10.5. The van der Waals surface area contributed by atoms with Gasteiger partial charge in [0.1, 0.15) is 0 Å². The first-order chi connectivity index (χ1) is 15.9. The van der Waals surface area contributed by atoms with E-state index in [2.05, 4.69) is 23.2 Å². The van der Waals surface area contributed by atoms with Gasteiger partial charge in [-0.15, -0.1) is 0 Å². The summed E-state index contributed by atoms with van der Waals surface area (Å²) in [4.78, 5) is 25.1. The molecule has 1 amide bonds. The van der Waals surface area contributed by atoms with Crippen LogP contribution in [0.2, 0.25) is 0 Å². The minimum atomic E-state index is -0.529. The average molecular weight is 437 g/mol. The predicted molar refractivity (Wildman–Crippen MR) is 128 cm³/mol. The lowest BCUT2D eigenvalue weighted by Gasteiger charge is -2.13. The molecule has 5 heteroatoms. The summed E-state index contributed by atoms with van der Waals surface area (Å²) in [6.45, 7) is 4.57. The van der Waals surface area contributed by atoms with Gasteiger partial charge < -0.3 is 10.1 Å². The van der Waals surface area contributed by atoms with Crippen LogP contribution in [-0.2, 0) is 4.74 Å². The molecule has 0 aromatic heterocycles. The van der Waals surface area contributed by atoms with Crippen molar-refractivity contribution in [3.8, 4) is 29.0 Å². The molecule has 0 saturated carbocycles. The molecule has 0 aliphatic carbocycles. The minimum Gasteiger partial charge on any atom is -0.465 e. The standard InChI is InChI=1S/C28H24N2O3/c1-19(2)18-30-27(31)23-14-15-25(26(16-23)28(32)33-3)24-7-5-4-6-22(24)13-12-20-8-10-21(17-29)11-9-20/h4-11,14-16,19H,18H2,1-3H3,(H,30,31). The molecule has 1 N–H and O–H groups in total. The minimum absolute atomic E-state index is 0.241. The van der Waals surface area contributed by atoms with E-state index in [9.17, 15) is 9.59 Å². The molecule has 0 atom stereocenters. The molecule has 5 nitrogen and oxygen atoms in total. The highest BCUT2D eigenvalue weighted by molar-refractivity contribution is 6.02. The summed E-state index contributed by atoms with van der Waals surface area (Å²) in [6.07, 6.45) is 0. The van der Waals surface area contributed by atoms with Gasteiger partial charge >= 0.3 is 5.97 Å². The van der Waals surface area contributed by atoms with E-state index in [0.717, 1.165) is 16.7 Å². The first kappa shape index (κ1) is 23.3. The van der Waals surface area contributed by atoms with Crippen LogP contribution in [-0.4, -0.2) is 25.5 Å². The van der Waals surface area contributed by atoms with Gasteiger partial charge in [-0.1, -0.05) is 50.0 Å². The quantitative estimate of drug-likeness (QED) is 0.460. The summed E-state index contributed by atoms with van der Waals surface area (Å²) in [5.74, 6) is 5.80. The fourth-order valence-corrected chi connectivity index (χ4v) is 3.19. The van der Waals surface area contributed by atoms with Gasteiger partial charge in [-0.2, -0.15) is 5.26 Å². The number of hydrogen-bond acceptors (Lipinski definition) is 4. The molecule has 33 heavy (non-hydrogen) atoms. The highest BCUT2D eigenvalue weighted by Gasteiger charge is 2.18. The van der Waals surface area contributed by atoms with Crippen LogP contribution < -0.4 is 5.32 Å². The van der Waals surface area contributed by atoms with Gasteiger partial charge in [-0.3, -0.25) is 4.79 Å². The number of nitriles is 1. The van der Waals surface area contributed by atoms with Gasteiger partial charge in [0.2, 0.25) is 0 Å². The van der Waals surface area contributed by atoms with Crippen molar-refractivity contribution in [2.75, 3.05) is 13.7 Å². The molecule has 3 aromatic carbocycles. The lowest BCUT2D eigenvalue weighted by atomic mass is 9.93. The van der Waals surface area contributed by atoms with Crippen molar-refractivity contribution >= 4 is 11.9 Å². The Bertz CT molecular complexity index is 1270. The third-order valence-corrected chi connectivity index (χ3v) is 4.93. The van der Waals surface area contributed by atoms with Gasteiger partial charge in [0.05, 0.1) is 24.3 Å². The van der Waals surface area contributed by atoms with Crippen molar-refractivity contribution in [3.63, 3.8) is 0 Å². The monoisotopic (exact) mass is 436 g/mol. The zero-order valence-corrected chi connectivity index (χ0v) is 18.8. The smallest absolute Gasteiger partial charge is 0.338 e. The molecule has 0 spiro atoms. The van der Waals surface area contributed by atoms with Crippen molar-refractivity contribution in [3.05, 3.63) is 94.5 Å². The molecule has 3 rings (SSSR count). The fraction of sp³-hybridized carbons (Fsp3) is 0.179. The Kier molecular flexibility index (Phi) is 7.63. The van der Waals surface area contributed by atoms with Crippen LogP contribution >= 0.6 is 0 Å². The third kappa shape index (κ3) is 5.87. The Balaban J connectivity index is 2.02. The number of carbonyl (C=O) groups excluding carboxylic acids is 2. The number of rotatable bonds is 5. The van der Waals surface area contributed by atoms with E-state index in [1.54, 1.807) is 42.5 Å². The maximum Gasteiger partial charge on any atom is 0.338 e.